The van der Waals surface area contributed by atoms with E-state index in [0.717, 1.165) is 17.4 Å². The van der Waals surface area contributed by atoms with Gasteiger partial charge >= 0.3 is 5.97 Å². The average Bonchev–Trinajstić information content (AvgIpc) is 2.26. The molecule has 17 heavy (non-hydrogen) atoms. The maximum absolute atomic E-state index is 10.8. The van der Waals surface area contributed by atoms with Crippen LogP contribution < -0.4 is 4.74 Å². The van der Waals surface area contributed by atoms with Crippen LogP contribution in [0.25, 0.3) is 6.08 Å². The Morgan fingerprint density at radius 3 is 2.29 bits per heavy atom. The molecule has 90 valence electrons. The lowest BCUT2D eigenvalue weighted by Gasteiger charge is -2.09. The summed E-state index contributed by atoms with van der Waals surface area (Å²) < 4.78 is 5.45. The van der Waals surface area contributed by atoms with Gasteiger partial charge < -0.3 is 9.84 Å². The SMILES string of the molecule is CC(C)Oc1ccc(C=CC(=O)C(=O)O)cc1. The molecule has 1 N–H and O–H groups in total. The van der Waals surface area contributed by atoms with Gasteiger partial charge in [0, 0.05) is 0 Å². The van der Waals surface area contributed by atoms with Gasteiger partial charge in [-0.1, -0.05) is 18.2 Å². The minimum atomic E-state index is -1.46. The highest BCUT2D eigenvalue weighted by Gasteiger charge is 2.05. The average molecular weight is 234 g/mol. The van der Waals surface area contributed by atoms with E-state index in [-0.39, 0.29) is 6.10 Å². The number of carboxylic acids is 1. The summed E-state index contributed by atoms with van der Waals surface area (Å²) in [5.41, 5.74) is 0.746. The molecule has 0 atom stereocenters. The first kappa shape index (κ1) is 13.0. The zero-order chi connectivity index (χ0) is 12.8. The van der Waals surface area contributed by atoms with Gasteiger partial charge in [0.1, 0.15) is 5.75 Å². The van der Waals surface area contributed by atoms with Crippen LogP contribution in [-0.2, 0) is 9.59 Å². The number of carboxylic acid groups (broad SMARTS) is 1. The maximum atomic E-state index is 10.8. The van der Waals surface area contributed by atoms with Crippen LogP contribution in [0.4, 0.5) is 0 Å². The topological polar surface area (TPSA) is 63.6 Å². The van der Waals surface area contributed by atoms with Gasteiger partial charge in [-0.3, -0.25) is 4.79 Å². The van der Waals surface area contributed by atoms with Gasteiger partial charge in [0.25, 0.3) is 5.78 Å². The Hall–Kier alpha value is -2.10. The van der Waals surface area contributed by atoms with Crippen molar-refractivity contribution in [2.45, 2.75) is 20.0 Å². The molecule has 1 aromatic rings. The van der Waals surface area contributed by atoms with Gasteiger partial charge in [-0.2, -0.15) is 0 Å². The first-order chi connectivity index (χ1) is 7.99. The van der Waals surface area contributed by atoms with Gasteiger partial charge in [0.2, 0.25) is 0 Å². The van der Waals surface area contributed by atoms with Gasteiger partial charge in [-0.15, -0.1) is 0 Å². The fraction of sp³-hybridized carbons (Fsp3) is 0.231. The van der Waals surface area contributed by atoms with Gasteiger partial charge in [-0.05, 0) is 37.6 Å². The van der Waals surface area contributed by atoms with Crippen molar-refractivity contribution in [2.24, 2.45) is 0 Å². The highest BCUT2D eigenvalue weighted by Crippen LogP contribution is 2.14. The fourth-order valence-corrected chi connectivity index (χ4v) is 1.17. The van der Waals surface area contributed by atoms with Crippen molar-refractivity contribution in [1.82, 2.24) is 0 Å². The predicted molar refractivity (Wildman–Crippen MR) is 63.9 cm³/mol. The summed E-state index contributed by atoms with van der Waals surface area (Å²) in [6.07, 6.45) is 2.58. The van der Waals surface area contributed by atoms with Crippen molar-refractivity contribution in [3.8, 4) is 5.75 Å². The smallest absolute Gasteiger partial charge is 0.376 e. The second-order valence-electron chi connectivity index (χ2n) is 3.74. The molecule has 0 spiro atoms. The Kier molecular flexibility index (Phi) is 4.46. The number of ether oxygens (including phenoxy) is 1. The minimum Gasteiger partial charge on any atom is -0.491 e. The standard InChI is InChI=1S/C13H14O4/c1-9(2)17-11-6-3-10(4-7-11)5-8-12(14)13(15)16/h3-9H,1-2H3,(H,15,16). The van der Waals surface area contributed by atoms with E-state index in [9.17, 15) is 9.59 Å². The summed E-state index contributed by atoms with van der Waals surface area (Å²) in [6, 6.07) is 7.04. The van der Waals surface area contributed by atoms with E-state index >= 15 is 0 Å². The van der Waals surface area contributed by atoms with Crippen molar-refractivity contribution in [2.75, 3.05) is 0 Å². The molecule has 0 aliphatic carbocycles. The molecule has 1 aromatic carbocycles. The molecule has 4 heteroatoms. The summed E-state index contributed by atoms with van der Waals surface area (Å²) in [5, 5.41) is 8.38. The van der Waals surface area contributed by atoms with Crippen molar-refractivity contribution in [3.63, 3.8) is 0 Å². The molecule has 0 aromatic heterocycles. The Morgan fingerprint density at radius 1 is 1.24 bits per heavy atom. The molecule has 1 rings (SSSR count). The molecule has 0 heterocycles. The van der Waals surface area contributed by atoms with Crippen molar-refractivity contribution in [1.29, 1.82) is 0 Å². The molecule has 0 aliphatic heterocycles. The van der Waals surface area contributed by atoms with Crippen LogP contribution in [0.3, 0.4) is 0 Å². The Bertz CT molecular complexity index is 429. The highest BCUT2D eigenvalue weighted by atomic mass is 16.5. The predicted octanol–water partition coefficient (Wildman–Crippen LogP) is 2.14. The van der Waals surface area contributed by atoms with Crippen molar-refractivity contribution < 1.29 is 19.4 Å². The molecule has 0 unspecified atom stereocenters. The van der Waals surface area contributed by atoms with E-state index < -0.39 is 11.8 Å². The van der Waals surface area contributed by atoms with Crippen molar-refractivity contribution >= 4 is 17.8 Å². The monoisotopic (exact) mass is 234 g/mol. The molecule has 4 nitrogen and oxygen atoms in total. The third-order valence-electron chi connectivity index (χ3n) is 1.89. The molecular weight excluding hydrogens is 220 g/mol. The lowest BCUT2D eigenvalue weighted by molar-refractivity contribution is -0.146. The van der Waals surface area contributed by atoms with Crippen LogP contribution in [0.5, 0.6) is 5.75 Å². The first-order valence-electron chi connectivity index (χ1n) is 5.21. The van der Waals surface area contributed by atoms with Gasteiger partial charge in [0.15, 0.2) is 0 Å². The largest absolute Gasteiger partial charge is 0.491 e. The number of hydrogen-bond donors (Lipinski definition) is 1. The molecule has 0 amide bonds. The Labute approximate surface area is 99.5 Å². The van der Waals surface area contributed by atoms with Crippen LogP contribution in [0, 0.1) is 0 Å². The molecule has 0 radical (unpaired) electrons. The number of aliphatic carboxylic acids is 1. The third kappa shape index (κ3) is 4.51. The van der Waals surface area contributed by atoms with E-state index in [1.807, 2.05) is 13.8 Å². The second-order valence-corrected chi connectivity index (χ2v) is 3.74. The summed E-state index contributed by atoms with van der Waals surface area (Å²) in [4.78, 5) is 21.1. The fourth-order valence-electron chi connectivity index (χ4n) is 1.17. The number of carbonyl (C=O) groups excluding carboxylic acids is 1. The lowest BCUT2D eigenvalue weighted by Crippen LogP contribution is -2.08. The van der Waals surface area contributed by atoms with Crippen LogP contribution in [0.2, 0.25) is 0 Å². The van der Waals surface area contributed by atoms with E-state index in [4.69, 9.17) is 9.84 Å². The molecule has 0 saturated heterocycles. The maximum Gasteiger partial charge on any atom is 0.376 e. The zero-order valence-electron chi connectivity index (χ0n) is 9.71. The number of rotatable bonds is 5. The van der Waals surface area contributed by atoms with Crippen molar-refractivity contribution in [3.05, 3.63) is 35.9 Å². The molecule has 0 aliphatic rings. The first-order valence-corrected chi connectivity index (χ1v) is 5.21. The second kappa shape index (κ2) is 5.84. The van der Waals surface area contributed by atoms with E-state index in [1.54, 1.807) is 24.3 Å². The summed E-state index contributed by atoms with van der Waals surface area (Å²) in [6.45, 7) is 3.86. The highest BCUT2D eigenvalue weighted by molar-refractivity contribution is 6.38. The summed E-state index contributed by atoms with van der Waals surface area (Å²) >= 11 is 0. The van der Waals surface area contributed by atoms with E-state index in [2.05, 4.69) is 0 Å². The Morgan fingerprint density at radius 2 is 1.82 bits per heavy atom. The lowest BCUT2D eigenvalue weighted by atomic mass is 10.2. The van der Waals surface area contributed by atoms with Crippen LogP contribution in [-0.4, -0.2) is 23.0 Å². The normalized spacial score (nSPS) is 10.8. The van der Waals surface area contributed by atoms with E-state index in [1.165, 1.54) is 6.08 Å². The van der Waals surface area contributed by atoms with Crippen LogP contribution in [0.1, 0.15) is 19.4 Å². The van der Waals surface area contributed by atoms with Crippen LogP contribution in [0.15, 0.2) is 30.3 Å². The third-order valence-corrected chi connectivity index (χ3v) is 1.89. The quantitative estimate of drug-likeness (QED) is 0.626. The number of ketones is 1. The van der Waals surface area contributed by atoms with Gasteiger partial charge in [0.05, 0.1) is 6.10 Å². The number of hydrogen-bond acceptors (Lipinski definition) is 3. The molecule has 0 bridgehead atoms. The minimum absolute atomic E-state index is 0.102. The van der Waals surface area contributed by atoms with Gasteiger partial charge in [-0.25, -0.2) is 4.79 Å². The molecular formula is C13H14O4. The zero-order valence-corrected chi connectivity index (χ0v) is 9.71. The van der Waals surface area contributed by atoms with Crippen LogP contribution >= 0.6 is 0 Å². The summed E-state index contributed by atoms with van der Waals surface area (Å²) in [7, 11) is 0. The summed E-state index contributed by atoms with van der Waals surface area (Å²) in [5.74, 6) is -1.66. The van der Waals surface area contributed by atoms with E-state index in [0.29, 0.717) is 0 Å². The number of benzene rings is 1. The number of carbonyl (C=O) groups is 2. The molecule has 0 saturated carbocycles. The molecule has 0 fully saturated rings. The Balaban J connectivity index is 2.68.